The van der Waals surface area contributed by atoms with Gasteiger partial charge in [-0.05, 0) is 23.1 Å². The summed E-state index contributed by atoms with van der Waals surface area (Å²) in [5.74, 6) is -1.06. The second kappa shape index (κ2) is 6.61. The van der Waals surface area contributed by atoms with Gasteiger partial charge in [0.15, 0.2) is 0 Å². The molecule has 1 unspecified atom stereocenters. The van der Waals surface area contributed by atoms with Gasteiger partial charge in [-0.2, -0.15) is 0 Å². The van der Waals surface area contributed by atoms with Gasteiger partial charge in [-0.1, -0.05) is 44.5 Å². The Morgan fingerprint density at radius 2 is 2.00 bits per heavy atom. The topological polar surface area (TPSA) is 78.4 Å². The van der Waals surface area contributed by atoms with Crippen LogP contribution in [0.25, 0.3) is 0 Å². The van der Waals surface area contributed by atoms with Crippen molar-refractivity contribution in [3.8, 4) is 0 Å². The Morgan fingerprint density at radius 3 is 2.50 bits per heavy atom. The summed E-state index contributed by atoms with van der Waals surface area (Å²) in [7, 11) is 0. The van der Waals surface area contributed by atoms with Crippen molar-refractivity contribution in [2.24, 2.45) is 5.41 Å². The minimum absolute atomic E-state index is 0.281. The maximum Gasteiger partial charge on any atom is 0.326 e. The number of nitrogens with one attached hydrogen (secondary N) is 2. The van der Waals surface area contributed by atoms with Crippen molar-refractivity contribution in [2.45, 2.75) is 33.4 Å². The molecule has 0 aliphatic heterocycles. The van der Waals surface area contributed by atoms with Crippen LogP contribution < -0.4 is 10.6 Å². The molecule has 0 bridgehead atoms. The molecule has 110 valence electrons. The first-order valence-corrected chi connectivity index (χ1v) is 6.59. The van der Waals surface area contributed by atoms with Crippen LogP contribution in [0.2, 0.25) is 5.02 Å². The highest BCUT2D eigenvalue weighted by Gasteiger charge is 2.32. The number of carbonyl (C=O) groups excluding carboxylic acids is 1. The molecular formula is C14H19ClN2O3. The molecule has 1 atom stereocenters. The fourth-order valence-electron chi connectivity index (χ4n) is 1.66. The van der Waals surface area contributed by atoms with E-state index < -0.39 is 23.5 Å². The summed E-state index contributed by atoms with van der Waals surface area (Å²) in [4.78, 5) is 22.9. The molecule has 0 saturated heterocycles. The van der Waals surface area contributed by atoms with E-state index in [1.807, 2.05) is 6.07 Å². The summed E-state index contributed by atoms with van der Waals surface area (Å²) >= 11 is 5.84. The molecule has 0 aliphatic carbocycles. The van der Waals surface area contributed by atoms with Crippen LogP contribution in [-0.4, -0.2) is 23.1 Å². The second-order valence-corrected chi connectivity index (χ2v) is 6.03. The van der Waals surface area contributed by atoms with Gasteiger partial charge in [0.05, 0.1) is 0 Å². The lowest BCUT2D eigenvalue weighted by molar-refractivity contribution is -0.141. The van der Waals surface area contributed by atoms with Crippen LogP contribution in [-0.2, 0) is 11.3 Å². The first kappa shape index (κ1) is 16.3. The maximum atomic E-state index is 11.7. The first-order chi connectivity index (χ1) is 9.20. The molecule has 3 N–H and O–H groups in total. The van der Waals surface area contributed by atoms with Crippen molar-refractivity contribution >= 4 is 23.6 Å². The lowest BCUT2D eigenvalue weighted by Crippen LogP contribution is -2.52. The molecule has 5 nitrogen and oxygen atoms in total. The van der Waals surface area contributed by atoms with E-state index in [0.717, 1.165) is 5.56 Å². The van der Waals surface area contributed by atoms with E-state index in [0.29, 0.717) is 5.02 Å². The van der Waals surface area contributed by atoms with Crippen LogP contribution in [0.3, 0.4) is 0 Å². The molecular weight excluding hydrogens is 280 g/mol. The summed E-state index contributed by atoms with van der Waals surface area (Å²) in [6, 6.07) is 5.61. The quantitative estimate of drug-likeness (QED) is 0.799. The third kappa shape index (κ3) is 5.09. The van der Waals surface area contributed by atoms with Gasteiger partial charge in [-0.3, -0.25) is 0 Å². The summed E-state index contributed by atoms with van der Waals surface area (Å²) in [6.07, 6.45) is 0. The number of urea groups is 1. The maximum absolute atomic E-state index is 11.7. The molecule has 1 aromatic carbocycles. The zero-order valence-corrected chi connectivity index (χ0v) is 12.5. The Labute approximate surface area is 123 Å². The van der Waals surface area contributed by atoms with Gasteiger partial charge in [0.1, 0.15) is 6.04 Å². The normalized spacial score (nSPS) is 12.6. The first-order valence-electron chi connectivity index (χ1n) is 6.22. The summed E-state index contributed by atoms with van der Waals surface area (Å²) in [5, 5.41) is 14.8. The number of halogens is 1. The Morgan fingerprint density at radius 1 is 1.35 bits per heavy atom. The summed E-state index contributed by atoms with van der Waals surface area (Å²) < 4.78 is 0. The van der Waals surface area contributed by atoms with Gasteiger partial charge in [-0.25, -0.2) is 9.59 Å². The fraction of sp³-hybridized carbons (Fsp3) is 0.429. The molecule has 0 aliphatic rings. The molecule has 2 amide bonds. The monoisotopic (exact) mass is 298 g/mol. The van der Waals surface area contributed by atoms with Crippen molar-refractivity contribution in [3.63, 3.8) is 0 Å². The molecule has 6 heteroatoms. The van der Waals surface area contributed by atoms with E-state index in [1.165, 1.54) is 0 Å². The van der Waals surface area contributed by atoms with Gasteiger partial charge in [0.2, 0.25) is 0 Å². The summed E-state index contributed by atoms with van der Waals surface area (Å²) in [6.45, 7) is 5.54. The molecule has 20 heavy (non-hydrogen) atoms. The predicted octanol–water partition coefficient (Wildman–Crippen LogP) is 2.64. The third-order valence-electron chi connectivity index (χ3n) is 2.73. The highest BCUT2D eigenvalue weighted by atomic mass is 35.5. The van der Waals surface area contributed by atoms with Crippen LogP contribution >= 0.6 is 11.6 Å². The van der Waals surface area contributed by atoms with Crippen molar-refractivity contribution in [1.82, 2.24) is 10.6 Å². The predicted molar refractivity (Wildman–Crippen MR) is 77.7 cm³/mol. The van der Waals surface area contributed by atoms with E-state index >= 15 is 0 Å². The largest absolute Gasteiger partial charge is 0.480 e. The minimum Gasteiger partial charge on any atom is -0.480 e. The Kier molecular flexibility index (Phi) is 5.39. The zero-order valence-electron chi connectivity index (χ0n) is 11.7. The smallest absolute Gasteiger partial charge is 0.326 e. The van der Waals surface area contributed by atoms with Gasteiger partial charge in [-0.15, -0.1) is 0 Å². The lowest BCUT2D eigenvalue weighted by atomic mass is 9.87. The van der Waals surface area contributed by atoms with E-state index in [1.54, 1.807) is 39.0 Å². The summed E-state index contributed by atoms with van der Waals surface area (Å²) in [5.41, 5.74) is 0.273. The number of carboxylic acid groups (broad SMARTS) is 1. The van der Waals surface area contributed by atoms with E-state index in [9.17, 15) is 9.59 Å². The third-order valence-corrected chi connectivity index (χ3v) is 2.97. The van der Waals surface area contributed by atoms with E-state index in [-0.39, 0.29) is 6.54 Å². The standard InChI is InChI=1S/C14H19ClN2O3/c1-14(2,3)11(12(18)19)17-13(20)16-8-9-5-4-6-10(15)7-9/h4-7,11H,8H2,1-3H3,(H,18,19)(H2,16,17,20). The molecule has 1 rings (SSSR count). The molecule has 0 radical (unpaired) electrons. The minimum atomic E-state index is -1.06. The van der Waals surface area contributed by atoms with Gasteiger partial charge >= 0.3 is 12.0 Å². The number of carbonyl (C=O) groups is 2. The average molecular weight is 299 g/mol. The number of hydrogen-bond acceptors (Lipinski definition) is 2. The van der Waals surface area contributed by atoms with Crippen molar-refractivity contribution in [3.05, 3.63) is 34.9 Å². The van der Waals surface area contributed by atoms with Crippen LogP contribution in [0.15, 0.2) is 24.3 Å². The average Bonchev–Trinajstić information content (AvgIpc) is 2.31. The molecule has 0 spiro atoms. The number of benzene rings is 1. The fourth-order valence-corrected chi connectivity index (χ4v) is 1.87. The number of aliphatic carboxylic acids is 1. The lowest BCUT2D eigenvalue weighted by Gasteiger charge is -2.27. The van der Waals surface area contributed by atoms with Gasteiger partial charge in [0, 0.05) is 11.6 Å². The Bertz CT molecular complexity index is 497. The highest BCUT2D eigenvalue weighted by molar-refractivity contribution is 6.30. The van der Waals surface area contributed by atoms with Gasteiger partial charge in [0.25, 0.3) is 0 Å². The molecule has 0 saturated carbocycles. The number of hydrogen-bond donors (Lipinski definition) is 3. The number of amides is 2. The van der Waals surface area contributed by atoms with Crippen LogP contribution in [0.1, 0.15) is 26.3 Å². The second-order valence-electron chi connectivity index (χ2n) is 5.59. The SMILES string of the molecule is CC(C)(C)C(NC(=O)NCc1cccc(Cl)c1)C(=O)O. The van der Waals surface area contributed by atoms with Gasteiger partial charge < -0.3 is 15.7 Å². The van der Waals surface area contributed by atoms with Crippen molar-refractivity contribution in [2.75, 3.05) is 0 Å². The van der Waals surface area contributed by atoms with E-state index in [4.69, 9.17) is 16.7 Å². The Balaban J connectivity index is 2.57. The molecule has 0 heterocycles. The molecule has 0 fully saturated rings. The van der Waals surface area contributed by atoms with Crippen molar-refractivity contribution in [1.29, 1.82) is 0 Å². The van der Waals surface area contributed by atoms with Crippen LogP contribution in [0.4, 0.5) is 4.79 Å². The number of rotatable bonds is 4. The zero-order chi connectivity index (χ0) is 15.3. The number of carboxylic acids is 1. The highest BCUT2D eigenvalue weighted by Crippen LogP contribution is 2.19. The Hall–Kier alpha value is -1.75. The van der Waals surface area contributed by atoms with Crippen molar-refractivity contribution < 1.29 is 14.7 Å². The molecule has 1 aromatic rings. The van der Waals surface area contributed by atoms with E-state index in [2.05, 4.69) is 10.6 Å². The van der Waals surface area contributed by atoms with Crippen LogP contribution in [0, 0.1) is 5.41 Å². The van der Waals surface area contributed by atoms with Crippen LogP contribution in [0.5, 0.6) is 0 Å². The molecule has 0 aromatic heterocycles.